The molecule has 0 saturated carbocycles. The van der Waals surface area contributed by atoms with Gasteiger partial charge in [-0.25, -0.2) is 0 Å². The van der Waals surface area contributed by atoms with Gasteiger partial charge in [-0.05, 0) is 53.9 Å². The summed E-state index contributed by atoms with van der Waals surface area (Å²) in [6.07, 6.45) is 2.41. The zero-order valence-electron chi connectivity index (χ0n) is 11.8. The lowest BCUT2D eigenvalue weighted by atomic mass is 9.89. The molecule has 1 aliphatic heterocycles. The zero-order valence-corrected chi connectivity index (χ0v) is 11.8. The number of hydrogen-bond acceptors (Lipinski definition) is 3. The summed E-state index contributed by atoms with van der Waals surface area (Å²) in [5, 5.41) is 2.40. The minimum absolute atomic E-state index is 0.139. The maximum absolute atomic E-state index is 5.96. The average Bonchev–Trinajstić information content (AvgIpc) is 2.53. The van der Waals surface area contributed by atoms with Crippen molar-refractivity contribution in [1.82, 2.24) is 0 Å². The molecule has 106 valence electrons. The normalized spacial score (nSPS) is 22.9. The van der Waals surface area contributed by atoms with E-state index in [0.717, 1.165) is 25.2 Å². The molecule has 20 heavy (non-hydrogen) atoms. The fourth-order valence-corrected chi connectivity index (χ4v) is 3.00. The number of fused-ring (bicyclic) bond motifs is 1. The zero-order chi connectivity index (χ0) is 13.9. The molecule has 3 rings (SSSR count). The van der Waals surface area contributed by atoms with Gasteiger partial charge in [0, 0.05) is 12.5 Å². The van der Waals surface area contributed by atoms with E-state index in [1.165, 1.54) is 16.3 Å². The predicted octanol–water partition coefficient (Wildman–Crippen LogP) is 3.27. The number of benzene rings is 2. The van der Waals surface area contributed by atoms with Gasteiger partial charge in [0.05, 0.1) is 13.2 Å². The number of nitrogens with two attached hydrogens (primary N) is 1. The second-order valence-electron chi connectivity index (χ2n) is 5.40. The van der Waals surface area contributed by atoms with Gasteiger partial charge in [0.1, 0.15) is 5.75 Å². The van der Waals surface area contributed by atoms with E-state index in [2.05, 4.69) is 30.3 Å². The van der Waals surface area contributed by atoms with Gasteiger partial charge in [0.25, 0.3) is 0 Å². The quantitative estimate of drug-likeness (QED) is 0.931. The van der Waals surface area contributed by atoms with Gasteiger partial charge in [-0.3, -0.25) is 0 Å². The van der Waals surface area contributed by atoms with Crippen molar-refractivity contribution >= 4 is 10.8 Å². The minimum atomic E-state index is 0.139. The van der Waals surface area contributed by atoms with Gasteiger partial charge in [0.15, 0.2) is 0 Å². The molecule has 0 bridgehead atoms. The van der Waals surface area contributed by atoms with Crippen molar-refractivity contribution in [3.63, 3.8) is 0 Å². The first-order valence-corrected chi connectivity index (χ1v) is 7.21. The first-order chi connectivity index (χ1) is 9.81. The Bertz CT molecular complexity index is 597. The summed E-state index contributed by atoms with van der Waals surface area (Å²) < 4.78 is 11.2. The van der Waals surface area contributed by atoms with Crippen LogP contribution in [-0.4, -0.2) is 20.3 Å². The van der Waals surface area contributed by atoms with Crippen LogP contribution < -0.4 is 10.5 Å². The maximum Gasteiger partial charge on any atom is 0.119 e. The summed E-state index contributed by atoms with van der Waals surface area (Å²) >= 11 is 0. The van der Waals surface area contributed by atoms with Gasteiger partial charge in [-0.2, -0.15) is 0 Å². The smallest absolute Gasteiger partial charge is 0.119 e. The van der Waals surface area contributed by atoms with E-state index in [4.69, 9.17) is 15.2 Å². The van der Waals surface area contributed by atoms with Crippen LogP contribution in [0.3, 0.4) is 0 Å². The average molecular weight is 271 g/mol. The number of methoxy groups -OCH3 is 1. The van der Waals surface area contributed by atoms with Crippen molar-refractivity contribution in [2.45, 2.75) is 18.9 Å². The van der Waals surface area contributed by atoms with Crippen molar-refractivity contribution in [1.29, 1.82) is 0 Å². The maximum atomic E-state index is 5.96. The molecule has 0 radical (unpaired) electrons. The van der Waals surface area contributed by atoms with Crippen molar-refractivity contribution < 1.29 is 9.47 Å². The highest BCUT2D eigenvalue weighted by Gasteiger charge is 2.26. The fraction of sp³-hybridized carbons (Fsp3) is 0.412. The SMILES string of the molecule is COc1ccc2cc(C3OCCCC3CN)ccc2c1. The van der Waals surface area contributed by atoms with Crippen LogP contribution in [0.1, 0.15) is 24.5 Å². The molecule has 1 saturated heterocycles. The van der Waals surface area contributed by atoms with E-state index in [1.54, 1.807) is 7.11 Å². The lowest BCUT2D eigenvalue weighted by Crippen LogP contribution is -2.28. The summed E-state index contributed by atoms with van der Waals surface area (Å²) in [7, 11) is 1.69. The van der Waals surface area contributed by atoms with Crippen LogP contribution in [0, 0.1) is 5.92 Å². The Morgan fingerprint density at radius 1 is 1.20 bits per heavy atom. The third-order valence-electron chi connectivity index (χ3n) is 4.15. The molecule has 0 aliphatic carbocycles. The number of ether oxygens (including phenoxy) is 2. The Morgan fingerprint density at radius 2 is 2.00 bits per heavy atom. The van der Waals surface area contributed by atoms with Crippen LogP contribution in [0.2, 0.25) is 0 Å². The molecular weight excluding hydrogens is 250 g/mol. The monoisotopic (exact) mass is 271 g/mol. The number of rotatable bonds is 3. The molecule has 1 heterocycles. The van der Waals surface area contributed by atoms with Gasteiger partial charge in [-0.15, -0.1) is 0 Å². The second-order valence-corrected chi connectivity index (χ2v) is 5.40. The Labute approximate surface area is 119 Å². The molecule has 0 amide bonds. The van der Waals surface area contributed by atoms with E-state index in [0.29, 0.717) is 12.5 Å². The van der Waals surface area contributed by atoms with Crippen LogP contribution in [0.15, 0.2) is 36.4 Å². The molecule has 1 aliphatic rings. The highest BCUT2D eigenvalue weighted by Crippen LogP contribution is 2.34. The summed E-state index contributed by atoms with van der Waals surface area (Å²) in [4.78, 5) is 0. The Balaban J connectivity index is 1.95. The third kappa shape index (κ3) is 2.51. The van der Waals surface area contributed by atoms with Gasteiger partial charge >= 0.3 is 0 Å². The van der Waals surface area contributed by atoms with Crippen LogP contribution in [-0.2, 0) is 4.74 Å². The van der Waals surface area contributed by atoms with Crippen molar-refractivity contribution in [2.24, 2.45) is 11.7 Å². The highest BCUT2D eigenvalue weighted by molar-refractivity contribution is 5.84. The van der Waals surface area contributed by atoms with Gasteiger partial charge < -0.3 is 15.2 Å². The van der Waals surface area contributed by atoms with Gasteiger partial charge in [-0.1, -0.05) is 18.2 Å². The summed E-state index contributed by atoms with van der Waals surface area (Å²) in [5.74, 6) is 1.32. The molecule has 3 heteroatoms. The fourth-order valence-electron chi connectivity index (χ4n) is 3.00. The topological polar surface area (TPSA) is 44.5 Å². The molecule has 3 nitrogen and oxygen atoms in total. The first kappa shape index (κ1) is 13.4. The molecule has 2 aromatic rings. The van der Waals surface area contributed by atoms with Crippen molar-refractivity contribution in [3.05, 3.63) is 42.0 Å². The van der Waals surface area contributed by atoms with Crippen LogP contribution in [0.5, 0.6) is 5.75 Å². The van der Waals surface area contributed by atoms with E-state index in [-0.39, 0.29) is 6.10 Å². The summed E-state index contributed by atoms with van der Waals surface area (Å²) in [6.45, 7) is 1.52. The molecular formula is C17H21NO2. The summed E-state index contributed by atoms with van der Waals surface area (Å²) in [5.41, 5.74) is 7.12. The molecule has 2 aromatic carbocycles. The lowest BCUT2D eigenvalue weighted by Gasteiger charge is -2.31. The van der Waals surface area contributed by atoms with Crippen LogP contribution >= 0.6 is 0 Å². The first-order valence-electron chi connectivity index (χ1n) is 7.21. The number of hydrogen-bond donors (Lipinski definition) is 1. The molecule has 2 N–H and O–H groups in total. The van der Waals surface area contributed by atoms with E-state index in [9.17, 15) is 0 Å². The van der Waals surface area contributed by atoms with E-state index < -0.39 is 0 Å². The van der Waals surface area contributed by atoms with E-state index in [1.807, 2.05) is 6.07 Å². The Morgan fingerprint density at radius 3 is 2.80 bits per heavy atom. The van der Waals surface area contributed by atoms with E-state index >= 15 is 0 Å². The highest BCUT2D eigenvalue weighted by atomic mass is 16.5. The third-order valence-corrected chi connectivity index (χ3v) is 4.15. The lowest BCUT2D eigenvalue weighted by molar-refractivity contribution is -0.0250. The largest absolute Gasteiger partial charge is 0.497 e. The van der Waals surface area contributed by atoms with Crippen LogP contribution in [0.4, 0.5) is 0 Å². The van der Waals surface area contributed by atoms with Crippen molar-refractivity contribution in [3.8, 4) is 5.75 Å². The Hall–Kier alpha value is -1.58. The Kier molecular flexibility index (Phi) is 3.90. The molecule has 2 atom stereocenters. The second kappa shape index (κ2) is 5.81. The molecule has 0 spiro atoms. The minimum Gasteiger partial charge on any atom is -0.497 e. The van der Waals surface area contributed by atoms with Crippen LogP contribution in [0.25, 0.3) is 10.8 Å². The summed E-state index contributed by atoms with van der Waals surface area (Å²) in [6, 6.07) is 12.7. The van der Waals surface area contributed by atoms with Crippen molar-refractivity contribution in [2.75, 3.05) is 20.3 Å². The predicted molar refractivity (Wildman–Crippen MR) is 81.0 cm³/mol. The molecule has 2 unspecified atom stereocenters. The standard InChI is InChI=1S/C17H21NO2/c1-19-16-7-6-12-9-14(5-4-13(12)10-16)17-15(11-18)3-2-8-20-17/h4-7,9-10,15,17H,2-3,8,11,18H2,1H3. The molecule has 0 aromatic heterocycles. The molecule has 1 fully saturated rings. The van der Waals surface area contributed by atoms with Gasteiger partial charge in [0.2, 0.25) is 0 Å².